The van der Waals surface area contributed by atoms with Gasteiger partial charge in [-0.05, 0) is 43.6 Å². The third-order valence-corrected chi connectivity index (χ3v) is 5.46. The lowest BCUT2D eigenvalue weighted by molar-refractivity contribution is -0.147. The molecule has 8 nitrogen and oxygen atoms in total. The molecule has 8 heteroatoms. The number of methoxy groups -OCH3 is 1. The maximum absolute atomic E-state index is 11.6. The Balaban J connectivity index is 1.40. The van der Waals surface area contributed by atoms with E-state index in [-0.39, 0.29) is 24.4 Å². The van der Waals surface area contributed by atoms with Crippen molar-refractivity contribution in [2.75, 3.05) is 53.0 Å². The number of rotatable bonds is 8. The Labute approximate surface area is 171 Å². The Kier molecular flexibility index (Phi) is 7.85. The Bertz CT molecular complexity index is 691. The molecule has 3 rings (SSSR count). The summed E-state index contributed by atoms with van der Waals surface area (Å²) in [7, 11) is 1.42. The van der Waals surface area contributed by atoms with Crippen molar-refractivity contribution in [2.45, 2.75) is 25.5 Å². The van der Waals surface area contributed by atoms with Gasteiger partial charge in [-0.3, -0.25) is 14.5 Å². The molecule has 2 N–H and O–H groups in total. The Morgan fingerprint density at radius 2 is 2.07 bits per heavy atom. The number of carbonyl (C=O) groups is 2. The number of piperazine rings is 1. The van der Waals surface area contributed by atoms with Crippen LogP contribution in [0.1, 0.15) is 18.4 Å². The smallest absolute Gasteiger partial charge is 0.308 e. The average molecular weight is 405 g/mol. The molecule has 0 bridgehead atoms. The lowest BCUT2D eigenvalue weighted by Crippen LogP contribution is -2.47. The van der Waals surface area contributed by atoms with Crippen molar-refractivity contribution >= 4 is 11.9 Å². The Morgan fingerprint density at radius 1 is 1.28 bits per heavy atom. The number of hydrogen-bond acceptors (Lipinski definition) is 7. The maximum atomic E-state index is 11.6. The number of esters is 1. The molecule has 29 heavy (non-hydrogen) atoms. The summed E-state index contributed by atoms with van der Waals surface area (Å²) < 4.78 is 10.6. The summed E-state index contributed by atoms with van der Waals surface area (Å²) in [6.45, 7) is 4.91. The van der Waals surface area contributed by atoms with Gasteiger partial charge in [-0.15, -0.1) is 0 Å². The fourth-order valence-corrected chi connectivity index (χ4v) is 3.88. The lowest BCUT2D eigenvalue weighted by atomic mass is 9.97. The van der Waals surface area contributed by atoms with Gasteiger partial charge >= 0.3 is 5.97 Å². The number of hydrogen-bond donors (Lipinski definition) is 2. The maximum Gasteiger partial charge on any atom is 0.308 e. The van der Waals surface area contributed by atoms with Crippen LogP contribution in [0.5, 0.6) is 5.75 Å². The highest BCUT2D eigenvalue weighted by molar-refractivity contribution is 5.78. The summed E-state index contributed by atoms with van der Waals surface area (Å²) >= 11 is 0. The van der Waals surface area contributed by atoms with Gasteiger partial charge in [0.2, 0.25) is 5.91 Å². The van der Waals surface area contributed by atoms with Gasteiger partial charge < -0.3 is 24.8 Å². The summed E-state index contributed by atoms with van der Waals surface area (Å²) in [6, 6.07) is 7.78. The number of benzene rings is 1. The SMILES string of the molecule is COC(=O)C1CCN(CC(O)COc2cccc(CN3CCNC(=O)C3)c2)CC1. The second-order valence-corrected chi connectivity index (χ2v) is 7.77. The predicted molar refractivity (Wildman–Crippen MR) is 107 cm³/mol. The number of amides is 1. The highest BCUT2D eigenvalue weighted by Gasteiger charge is 2.26. The van der Waals surface area contributed by atoms with Crippen LogP contribution in [-0.4, -0.2) is 85.9 Å². The van der Waals surface area contributed by atoms with Gasteiger partial charge in [0.25, 0.3) is 0 Å². The first kappa shape index (κ1) is 21.5. The van der Waals surface area contributed by atoms with Gasteiger partial charge in [0.05, 0.1) is 19.6 Å². The second kappa shape index (κ2) is 10.6. The van der Waals surface area contributed by atoms with Gasteiger partial charge in [0, 0.05) is 26.2 Å². The summed E-state index contributed by atoms with van der Waals surface area (Å²) in [4.78, 5) is 27.4. The molecule has 0 saturated carbocycles. The number of aliphatic hydroxyl groups is 1. The normalized spacial score (nSPS) is 20.1. The molecule has 2 fully saturated rings. The molecule has 1 unspecified atom stereocenters. The number of likely N-dealkylation sites (tertiary alicyclic amines) is 1. The molecule has 0 aromatic heterocycles. The van der Waals surface area contributed by atoms with Crippen molar-refractivity contribution < 1.29 is 24.2 Å². The van der Waals surface area contributed by atoms with Crippen molar-refractivity contribution in [3.8, 4) is 5.75 Å². The average Bonchev–Trinajstić information content (AvgIpc) is 2.72. The van der Waals surface area contributed by atoms with Crippen LogP contribution in [0.3, 0.4) is 0 Å². The molecule has 2 aliphatic rings. The predicted octanol–water partition coefficient (Wildman–Crippen LogP) is 0.243. The second-order valence-electron chi connectivity index (χ2n) is 7.77. The van der Waals surface area contributed by atoms with E-state index in [1.807, 2.05) is 24.3 Å². The zero-order valence-corrected chi connectivity index (χ0v) is 17.0. The molecule has 1 atom stereocenters. The van der Waals surface area contributed by atoms with Gasteiger partial charge in [-0.1, -0.05) is 12.1 Å². The van der Waals surface area contributed by atoms with Crippen LogP contribution >= 0.6 is 0 Å². The molecule has 160 valence electrons. The van der Waals surface area contributed by atoms with Gasteiger partial charge in [-0.2, -0.15) is 0 Å². The van der Waals surface area contributed by atoms with Crippen molar-refractivity contribution in [2.24, 2.45) is 5.92 Å². The minimum atomic E-state index is -0.598. The molecular formula is C21H31N3O5. The third-order valence-electron chi connectivity index (χ3n) is 5.46. The van der Waals surface area contributed by atoms with E-state index in [9.17, 15) is 14.7 Å². The number of carbonyl (C=O) groups excluding carboxylic acids is 2. The van der Waals surface area contributed by atoms with Gasteiger partial charge in [0.15, 0.2) is 0 Å². The standard InChI is InChI=1S/C21H31N3O5/c1-28-21(27)17-5-8-23(9-6-17)13-18(25)15-29-19-4-2-3-16(11-19)12-24-10-7-22-20(26)14-24/h2-4,11,17-18,25H,5-10,12-15H2,1H3,(H,22,26). The summed E-state index contributed by atoms with van der Waals surface area (Å²) in [6.07, 6.45) is 0.923. The van der Waals surface area contributed by atoms with Gasteiger partial charge in [0.1, 0.15) is 18.5 Å². The zero-order valence-electron chi connectivity index (χ0n) is 17.0. The number of piperidine rings is 1. The van der Waals surface area contributed by atoms with Crippen LogP contribution < -0.4 is 10.1 Å². The number of nitrogens with one attached hydrogen (secondary N) is 1. The molecule has 1 aromatic rings. The van der Waals surface area contributed by atoms with Crippen LogP contribution in [0.4, 0.5) is 0 Å². The Hall–Kier alpha value is -2.16. The lowest BCUT2D eigenvalue weighted by Gasteiger charge is -2.31. The van der Waals surface area contributed by atoms with E-state index < -0.39 is 6.10 Å². The monoisotopic (exact) mass is 405 g/mol. The number of aliphatic hydroxyl groups excluding tert-OH is 1. The highest BCUT2D eigenvalue weighted by Crippen LogP contribution is 2.19. The van der Waals surface area contributed by atoms with E-state index in [2.05, 4.69) is 15.1 Å². The first-order valence-electron chi connectivity index (χ1n) is 10.2. The number of β-amino-alcohol motifs (C(OH)–C–C–N with tert-alkyl or cyclic N) is 1. The van der Waals surface area contributed by atoms with Crippen molar-refractivity contribution in [3.05, 3.63) is 29.8 Å². The molecule has 0 spiro atoms. The largest absolute Gasteiger partial charge is 0.491 e. The Morgan fingerprint density at radius 3 is 2.79 bits per heavy atom. The molecule has 0 radical (unpaired) electrons. The molecule has 2 aliphatic heterocycles. The fourth-order valence-electron chi connectivity index (χ4n) is 3.88. The van der Waals surface area contributed by atoms with E-state index in [4.69, 9.17) is 9.47 Å². The molecule has 1 amide bonds. The molecule has 2 heterocycles. The molecule has 1 aromatic carbocycles. The zero-order chi connectivity index (χ0) is 20.6. The van der Waals surface area contributed by atoms with Crippen molar-refractivity contribution in [3.63, 3.8) is 0 Å². The van der Waals surface area contributed by atoms with E-state index in [1.54, 1.807) is 0 Å². The van der Waals surface area contributed by atoms with E-state index in [1.165, 1.54) is 7.11 Å². The summed E-state index contributed by atoms with van der Waals surface area (Å²) in [5, 5.41) is 13.2. The van der Waals surface area contributed by atoms with Gasteiger partial charge in [-0.25, -0.2) is 0 Å². The van der Waals surface area contributed by atoms with E-state index in [0.717, 1.165) is 38.0 Å². The number of ether oxygens (including phenoxy) is 2. The quantitative estimate of drug-likeness (QED) is 0.599. The molecule has 0 aliphatic carbocycles. The van der Waals surface area contributed by atoms with E-state index in [0.29, 0.717) is 31.9 Å². The van der Waals surface area contributed by atoms with Crippen molar-refractivity contribution in [1.82, 2.24) is 15.1 Å². The van der Waals surface area contributed by atoms with Crippen LogP contribution in [0, 0.1) is 5.92 Å². The van der Waals surface area contributed by atoms with E-state index >= 15 is 0 Å². The number of nitrogens with zero attached hydrogens (tertiary/aromatic N) is 2. The molecule has 2 saturated heterocycles. The molecular weight excluding hydrogens is 374 g/mol. The third kappa shape index (κ3) is 6.69. The van der Waals surface area contributed by atoms with Crippen LogP contribution in [0.2, 0.25) is 0 Å². The summed E-state index contributed by atoms with van der Waals surface area (Å²) in [5.74, 6) is 0.603. The van der Waals surface area contributed by atoms with Crippen molar-refractivity contribution in [1.29, 1.82) is 0 Å². The minimum Gasteiger partial charge on any atom is -0.491 e. The highest BCUT2D eigenvalue weighted by atomic mass is 16.5. The minimum absolute atomic E-state index is 0.0293. The first-order valence-corrected chi connectivity index (χ1v) is 10.2. The van der Waals surface area contributed by atoms with Crippen LogP contribution in [-0.2, 0) is 20.9 Å². The van der Waals surface area contributed by atoms with Crippen LogP contribution in [0.25, 0.3) is 0 Å². The fraction of sp³-hybridized carbons (Fsp3) is 0.619. The topological polar surface area (TPSA) is 91.3 Å². The first-order chi connectivity index (χ1) is 14.0. The summed E-state index contributed by atoms with van der Waals surface area (Å²) in [5.41, 5.74) is 1.08. The van der Waals surface area contributed by atoms with Crippen LogP contribution in [0.15, 0.2) is 24.3 Å².